The van der Waals surface area contributed by atoms with Crippen molar-refractivity contribution in [1.82, 2.24) is 19.5 Å². The number of anilines is 1. The molecule has 0 spiro atoms. The molecule has 0 radical (unpaired) electrons. The van der Waals surface area contributed by atoms with Gasteiger partial charge in [0.25, 0.3) is 5.91 Å². The van der Waals surface area contributed by atoms with Crippen LogP contribution in [0.2, 0.25) is 0 Å². The molecule has 0 fully saturated rings. The first kappa shape index (κ1) is 17.6. The van der Waals surface area contributed by atoms with E-state index in [2.05, 4.69) is 20.3 Å². The van der Waals surface area contributed by atoms with Crippen LogP contribution in [-0.2, 0) is 0 Å². The fourth-order valence-corrected chi connectivity index (χ4v) is 3.01. The minimum atomic E-state index is -0.294. The third kappa shape index (κ3) is 3.53. The predicted octanol–water partition coefficient (Wildman–Crippen LogP) is 4.20. The highest BCUT2D eigenvalue weighted by Crippen LogP contribution is 2.19. The lowest BCUT2D eigenvalue weighted by atomic mass is 10.1. The molecule has 3 aromatic heterocycles. The first-order valence-corrected chi connectivity index (χ1v) is 8.91. The summed E-state index contributed by atoms with van der Waals surface area (Å²) in [4.78, 5) is 25.5. The van der Waals surface area contributed by atoms with Crippen LogP contribution in [0.3, 0.4) is 0 Å². The Morgan fingerprint density at radius 2 is 1.79 bits per heavy atom. The number of carbonyl (C=O) groups is 1. The van der Waals surface area contributed by atoms with Gasteiger partial charge in [-0.1, -0.05) is 24.3 Å². The lowest BCUT2D eigenvalue weighted by molar-refractivity contribution is 0.102. The summed E-state index contributed by atoms with van der Waals surface area (Å²) in [6, 6.07) is 15.5. The lowest BCUT2D eigenvalue weighted by Crippen LogP contribution is -2.13. The fourth-order valence-electron chi connectivity index (χ4n) is 3.01. The summed E-state index contributed by atoms with van der Waals surface area (Å²) in [6.45, 7) is 3.91. The molecule has 4 rings (SSSR count). The molecule has 138 valence electrons. The van der Waals surface area contributed by atoms with Crippen molar-refractivity contribution in [3.8, 4) is 16.8 Å². The average Bonchev–Trinajstić information content (AvgIpc) is 3.11. The van der Waals surface area contributed by atoms with Gasteiger partial charge in [0, 0.05) is 41.6 Å². The minimum absolute atomic E-state index is 0.294. The summed E-state index contributed by atoms with van der Waals surface area (Å²) >= 11 is 0. The number of carbonyl (C=O) groups excluding carboxylic acids is 1. The minimum Gasteiger partial charge on any atom is -0.305 e. The first-order valence-electron chi connectivity index (χ1n) is 8.91. The number of hydrogen-bond donors (Lipinski definition) is 1. The van der Waals surface area contributed by atoms with Crippen LogP contribution in [0.4, 0.5) is 5.82 Å². The Bertz CT molecular complexity index is 1120. The molecular formula is C22H19N5O. The summed E-state index contributed by atoms with van der Waals surface area (Å²) in [7, 11) is 0. The number of aromatic nitrogens is 4. The van der Waals surface area contributed by atoms with Crippen molar-refractivity contribution >= 4 is 11.7 Å². The third-order valence-electron chi connectivity index (χ3n) is 4.49. The molecule has 28 heavy (non-hydrogen) atoms. The molecule has 6 nitrogen and oxygen atoms in total. The van der Waals surface area contributed by atoms with Gasteiger partial charge in [-0.25, -0.2) is 9.97 Å². The van der Waals surface area contributed by atoms with Crippen LogP contribution in [0.15, 0.2) is 73.3 Å². The second kappa shape index (κ2) is 7.44. The molecule has 3 heterocycles. The number of rotatable bonds is 4. The van der Waals surface area contributed by atoms with Crippen LogP contribution in [-0.4, -0.2) is 25.4 Å². The molecule has 0 unspecified atom stereocenters. The zero-order valence-electron chi connectivity index (χ0n) is 15.6. The maximum Gasteiger partial charge on any atom is 0.277 e. The quantitative estimate of drug-likeness (QED) is 0.585. The molecular weight excluding hydrogens is 350 g/mol. The monoisotopic (exact) mass is 369 g/mol. The SMILES string of the molecule is Cc1ccccc1-n1cc(C(=O)Nc2ccc(-c3cccnc3)cn2)nc1C. The zero-order chi connectivity index (χ0) is 19.5. The molecule has 0 aliphatic rings. The van der Waals surface area contributed by atoms with E-state index in [1.807, 2.05) is 60.9 Å². The van der Waals surface area contributed by atoms with E-state index in [-0.39, 0.29) is 5.91 Å². The number of imidazole rings is 1. The van der Waals surface area contributed by atoms with Crippen molar-refractivity contribution in [2.75, 3.05) is 5.32 Å². The largest absolute Gasteiger partial charge is 0.305 e. The fraction of sp³-hybridized carbons (Fsp3) is 0.0909. The molecule has 0 saturated heterocycles. The molecule has 0 bridgehead atoms. The van der Waals surface area contributed by atoms with Crippen LogP contribution in [0.25, 0.3) is 16.8 Å². The summed E-state index contributed by atoms with van der Waals surface area (Å²) in [5.74, 6) is 0.928. The maximum atomic E-state index is 12.6. The van der Waals surface area contributed by atoms with E-state index in [4.69, 9.17) is 0 Å². The second-order valence-electron chi connectivity index (χ2n) is 6.46. The van der Waals surface area contributed by atoms with Gasteiger partial charge in [-0.05, 0) is 43.7 Å². The Morgan fingerprint density at radius 1 is 0.964 bits per heavy atom. The number of pyridine rings is 2. The Kier molecular flexibility index (Phi) is 4.68. The van der Waals surface area contributed by atoms with Crippen molar-refractivity contribution in [2.45, 2.75) is 13.8 Å². The zero-order valence-corrected chi connectivity index (χ0v) is 15.6. The van der Waals surface area contributed by atoms with Gasteiger partial charge in [-0.2, -0.15) is 0 Å². The summed E-state index contributed by atoms with van der Waals surface area (Å²) in [6.07, 6.45) is 6.96. The molecule has 0 saturated carbocycles. The number of para-hydroxylation sites is 1. The number of nitrogens with zero attached hydrogens (tertiary/aromatic N) is 4. The standard InChI is InChI=1S/C22H19N5O/c1-15-6-3-4-8-20(15)27-14-19(25-16(27)2)22(28)26-21-10-9-18(13-24-21)17-7-5-11-23-12-17/h3-14H,1-2H3,(H,24,26,28). The van der Waals surface area contributed by atoms with Gasteiger partial charge < -0.3 is 9.88 Å². The van der Waals surface area contributed by atoms with Gasteiger partial charge in [0.1, 0.15) is 17.3 Å². The summed E-state index contributed by atoms with van der Waals surface area (Å²) in [5, 5.41) is 2.80. The van der Waals surface area contributed by atoms with E-state index in [0.29, 0.717) is 11.5 Å². The van der Waals surface area contributed by atoms with Gasteiger partial charge in [0.15, 0.2) is 0 Å². The van der Waals surface area contributed by atoms with E-state index in [9.17, 15) is 4.79 Å². The molecule has 4 aromatic rings. The van der Waals surface area contributed by atoms with E-state index >= 15 is 0 Å². The molecule has 1 N–H and O–H groups in total. The Hall–Kier alpha value is -3.80. The van der Waals surface area contributed by atoms with Crippen LogP contribution >= 0.6 is 0 Å². The molecule has 0 aliphatic carbocycles. The van der Waals surface area contributed by atoms with Gasteiger partial charge in [0.2, 0.25) is 0 Å². The van der Waals surface area contributed by atoms with Crippen LogP contribution in [0.1, 0.15) is 21.9 Å². The van der Waals surface area contributed by atoms with E-state index in [1.165, 1.54) is 0 Å². The lowest BCUT2D eigenvalue weighted by Gasteiger charge is -2.07. The van der Waals surface area contributed by atoms with Gasteiger partial charge in [-0.3, -0.25) is 9.78 Å². The highest BCUT2D eigenvalue weighted by Gasteiger charge is 2.14. The number of aryl methyl sites for hydroxylation is 2. The van der Waals surface area contributed by atoms with Gasteiger partial charge in [0.05, 0.1) is 0 Å². The van der Waals surface area contributed by atoms with Crippen molar-refractivity contribution in [3.63, 3.8) is 0 Å². The van der Waals surface area contributed by atoms with Crippen molar-refractivity contribution in [2.24, 2.45) is 0 Å². The molecule has 1 aromatic carbocycles. The van der Waals surface area contributed by atoms with Crippen molar-refractivity contribution < 1.29 is 4.79 Å². The topological polar surface area (TPSA) is 72.7 Å². The normalized spacial score (nSPS) is 10.6. The average molecular weight is 369 g/mol. The second-order valence-corrected chi connectivity index (χ2v) is 6.46. The highest BCUT2D eigenvalue weighted by atomic mass is 16.2. The maximum absolute atomic E-state index is 12.6. The summed E-state index contributed by atoms with van der Waals surface area (Å²) in [5.41, 5.74) is 4.37. The van der Waals surface area contributed by atoms with Crippen LogP contribution in [0, 0.1) is 13.8 Å². The third-order valence-corrected chi connectivity index (χ3v) is 4.49. The Morgan fingerprint density at radius 3 is 2.50 bits per heavy atom. The predicted molar refractivity (Wildman–Crippen MR) is 108 cm³/mol. The first-order chi connectivity index (χ1) is 13.6. The van der Waals surface area contributed by atoms with E-state index in [0.717, 1.165) is 28.2 Å². The molecule has 1 amide bonds. The van der Waals surface area contributed by atoms with Crippen molar-refractivity contribution in [3.05, 3.63) is 90.4 Å². The molecule has 0 atom stereocenters. The molecule has 6 heteroatoms. The number of benzene rings is 1. The Labute approximate surface area is 162 Å². The van der Waals surface area contributed by atoms with Gasteiger partial charge >= 0.3 is 0 Å². The van der Waals surface area contributed by atoms with Crippen LogP contribution < -0.4 is 5.32 Å². The van der Waals surface area contributed by atoms with Gasteiger partial charge in [-0.15, -0.1) is 0 Å². The van der Waals surface area contributed by atoms with Crippen molar-refractivity contribution in [1.29, 1.82) is 0 Å². The highest BCUT2D eigenvalue weighted by molar-refractivity contribution is 6.02. The number of nitrogens with one attached hydrogen (secondary N) is 1. The summed E-state index contributed by atoms with van der Waals surface area (Å²) < 4.78 is 1.92. The van der Waals surface area contributed by atoms with Crippen LogP contribution in [0.5, 0.6) is 0 Å². The van der Waals surface area contributed by atoms with E-state index < -0.39 is 0 Å². The van der Waals surface area contributed by atoms with E-state index in [1.54, 1.807) is 30.9 Å². The Balaban J connectivity index is 1.53. The number of amides is 1. The smallest absolute Gasteiger partial charge is 0.277 e. The number of hydrogen-bond acceptors (Lipinski definition) is 4. The molecule has 0 aliphatic heterocycles.